The maximum atomic E-state index is 4.60. The molecule has 0 aliphatic carbocycles. The van der Waals surface area contributed by atoms with E-state index < -0.39 is 0 Å². The predicted molar refractivity (Wildman–Crippen MR) is 73.7 cm³/mol. The minimum Gasteiger partial charge on any atom is -0.240 e. The largest absolute Gasteiger partial charge is 0.240 e. The summed E-state index contributed by atoms with van der Waals surface area (Å²) in [6.07, 6.45) is 2.09. The highest BCUT2D eigenvalue weighted by Crippen LogP contribution is 2.18. The van der Waals surface area contributed by atoms with Crippen LogP contribution < -0.4 is 0 Å². The molecule has 17 heavy (non-hydrogen) atoms. The van der Waals surface area contributed by atoms with E-state index in [1.165, 1.54) is 11.3 Å². The van der Waals surface area contributed by atoms with E-state index in [1.54, 1.807) is 0 Å². The highest BCUT2D eigenvalue weighted by molar-refractivity contribution is 5.32. The van der Waals surface area contributed by atoms with E-state index >= 15 is 0 Å². The maximum Gasteiger partial charge on any atom is 0.0683 e. The smallest absolute Gasteiger partial charge is 0.0683 e. The average Bonchev–Trinajstić information content (AvgIpc) is 2.75. The molecule has 1 aromatic carbocycles. The number of para-hydroxylation sites is 1. The first kappa shape index (κ1) is 13.5. The molecule has 0 aliphatic rings. The Hall–Kier alpha value is -1.57. The van der Waals surface area contributed by atoms with Crippen LogP contribution in [0.25, 0.3) is 5.69 Å². The van der Waals surface area contributed by atoms with E-state index in [0.717, 1.165) is 5.69 Å². The third-order valence-electron chi connectivity index (χ3n) is 2.50. The summed E-state index contributed by atoms with van der Waals surface area (Å²) in [5.41, 5.74) is 3.56. The predicted octanol–water partition coefficient (Wildman–Crippen LogP) is 4.33. The molecule has 1 heterocycles. The van der Waals surface area contributed by atoms with Gasteiger partial charge in [0, 0.05) is 6.20 Å². The van der Waals surface area contributed by atoms with Gasteiger partial charge in [-0.1, -0.05) is 45.9 Å². The van der Waals surface area contributed by atoms with Crippen molar-refractivity contribution < 1.29 is 0 Å². The minimum absolute atomic E-state index is 0.481. The number of benzene rings is 1. The molecule has 0 bridgehead atoms. The second kappa shape index (κ2) is 6.24. The number of nitrogens with zero attached hydrogens (tertiary/aromatic N) is 2. The summed E-state index contributed by atoms with van der Waals surface area (Å²) in [6.45, 7) is 10.5. The van der Waals surface area contributed by atoms with Crippen molar-refractivity contribution in [2.45, 2.75) is 40.5 Å². The molecule has 0 radical (unpaired) electrons. The molecule has 2 heteroatoms. The van der Waals surface area contributed by atoms with Crippen LogP contribution in [0.3, 0.4) is 0 Å². The van der Waals surface area contributed by atoms with Gasteiger partial charge >= 0.3 is 0 Å². The Bertz CT molecular complexity index is 441. The molecule has 0 spiro atoms. The third kappa shape index (κ3) is 3.19. The maximum absolute atomic E-state index is 4.60. The van der Waals surface area contributed by atoms with Crippen molar-refractivity contribution in [2.75, 3.05) is 0 Å². The molecule has 0 saturated heterocycles. The van der Waals surface area contributed by atoms with Gasteiger partial charge in [-0.25, -0.2) is 4.68 Å². The Morgan fingerprint density at radius 2 is 1.65 bits per heavy atom. The molecule has 0 aliphatic heterocycles. The summed E-state index contributed by atoms with van der Waals surface area (Å²) < 4.78 is 1.95. The highest BCUT2D eigenvalue weighted by Gasteiger charge is 2.09. The van der Waals surface area contributed by atoms with Crippen molar-refractivity contribution in [3.05, 3.63) is 47.8 Å². The van der Waals surface area contributed by atoms with E-state index in [1.807, 2.05) is 36.7 Å². The van der Waals surface area contributed by atoms with E-state index in [4.69, 9.17) is 0 Å². The Labute approximate surface area is 104 Å². The number of hydrogen-bond acceptors (Lipinski definition) is 1. The van der Waals surface area contributed by atoms with Crippen molar-refractivity contribution in [3.63, 3.8) is 0 Å². The van der Waals surface area contributed by atoms with Gasteiger partial charge in [-0.3, -0.25) is 0 Å². The van der Waals surface area contributed by atoms with Gasteiger partial charge in [0.25, 0.3) is 0 Å². The SMILES string of the molecule is CC.Cc1cn(-c2ccccc2)nc1C(C)C. The molecular formula is C15H22N2. The van der Waals surface area contributed by atoms with Gasteiger partial charge in [0.05, 0.1) is 11.4 Å². The van der Waals surface area contributed by atoms with Gasteiger partial charge < -0.3 is 0 Å². The topological polar surface area (TPSA) is 17.8 Å². The lowest BCUT2D eigenvalue weighted by Gasteiger charge is -2.01. The molecule has 0 atom stereocenters. The third-order valence-corrected chi connectivity index (χ3v) is 2.50. The van der Waals surface area contributed by atoms with Crippen molar-refractivity contribution in [1.82, 2.24) is 9.78 Å². The monoisotopic (exact) mass is 230 g/mol. The van der Waals surface area contributed by atoms with Crippen molar-refractivity contribution >= 4 is 0 Å². The van der Waals surface area contributed by atoms with Crippen LogP contribution in [-0.2, 0) is 0 Å². The standard InChI is InChI=1S/C13H16N2.C2H6/c1-10(2)13-11(3)9-15(14-13)12-7-5-4-6-8-12;1-2/h4-10H,1-3H3;1-2H3. The van der Waals surface area contributed by atoms with Gasteiger partial charge in [0.2, 0.25) is 0 Å². The van der Waals surface area contributed by atoms with Crippen LogP contribution in [0.2, 0.25) is 0 Å². The first-order valence-electron chi connectivity index (χ1n) is 6.30. The average molecular weight is 230 g/mol. The van der Waals surface area contributed by atoms with Crippen LogP contribution in [0.1, 0.15) is 44.9 Å². The van der Waals surface area contributed by atoms with Gasteiger partial charge in [-0.15, -0.1) is 0 Å². The summed E-state index contributed by atoms with van der Waals surface area (Å²) in [4.78, 5) is 0. The summed E-state index contributed by atoms with van der Waals surface area (Å²) in [5, 5.41) is 4.60. The summed E-state index contributed by atoms with van der Waals surface area (Å²) >= 11 is 0. The minimum atomic E-state index is 0.481. The number of hydrogen-bond donors (Lipinski definition) is 0. The lowest BCUT2D eigenvalue weighted by atomic mass is 10.1. The van der Waals surface area contributed by atoms with Crippen LogP contribution in [-0.4, -0.2) is 9.78 Å². The Balaban J connectivity index is 0.000000686. The fraction of sp³-hybridized carbons (Fsp3) is 0.400. The second-order valence-electron chi connectivity index (χ2n) is 4.13. The van der Waals surface area contributed by atoms with Crippen molar-refractivity contribution in [1.29, 1.82) is 0 Å². The van der Waals surface area contributed by atoms with Gasteiger partial charge in [-0.05, 0) is 30.5 Å². The van der Waals surface area contributed by atoms with E-state index in [-0.39, 0.29) is 0 Å². The van der Waals surface area contributed by atoms with E-state index in [9.17, 15) is 0 Å². The molecule has 0 N–H and O–H groups in total. The number of aromatic nitrogens is 2. The van der Waals surface area contributed by atoms with Gasteiger partial charge in [-0.2, -0.15) is 5.10 Å². The Morgan fingerprint density at radius 1 is 1.06 bits per heavy atom. The highest BCUT2D eigenvalue weighted by atomic mass is 15.3. The van der Waals surface area contributed by atoms with Crippen LogP contribution in [0.5, 0.6) is 0 Å². The zero-order valence-electron chi connectivity index (χ0n) is 11.4. The molecule has 2 rings (SSSR count). The Kier molecular flexibility index (Phi) is 4.95. The van der Waals surface area contributed by atoms with E-state index in [0.29, 0.717) is 5.92 Å². The molecule has 2 aromatic rings. The summed E-state index contributed by atoms with van der Waals surface area (Å²) in [5.74, 6) is 0.481. The zero-order valence-corrected chi connectivity index (χ0v) is 11.4. The van der Waals surface area contributed by atoms with Crippen LogP contribution >= 0.6 is 0 Å². The molecule has 92 valence electrons. The zero-order chi connectivity index (χ0) is 12.8. The number of rotatable bonds is 2. The van der Waals surface area contributed by atoms with E-state index in [2.05, 4.69) is 44.2 Å². The summed E-state index contributed by atoms with van der Waals surface area (Å²) in [6, 6.07) is 10.2. The van der Waals surface area contributed by atoms with Gasteiger partial charge in [0.15, 0.2) is 0 Å². The fourth-order valence-electron chi connectivity index (χ4n) is 1.76. The molecule has 0 saturated carbocycles. The molecule has 0 amide bonds. The van der Waals surface area contributed by atoms with Crippen molar-refractivity contribution in [2.24, 2.45) is 0 Å². The summed E-state index contributed by atoms with van der Waals surface area (Å²) in [7, 11) is 0. The molecule has 0 fully saturated rings. The van der Waals surface area contributed by atoms with Gasteiger partial charge in [0.1, 0.15) is 0 Å². The van der Waals surface area contributed by atoms with Crippen molar-refractivity contribution in [3.8, 4) is 5.69 Å². The molecule has 0 unspecified atom stereocenters. The molecular weight excluding hydrogens is 208 g/mol. The first-order valence-corrected chi connectivity index (χ1v) is 6.30. The lowest BCUT2D eigenvalue weighted by Crippen LogP contribution is -1.96. The van der Waals surface area contributed by atoms with Crippen LogP contribution in [0, 0.1) is 6.92 Å². The second-order valence-corrected chi connectivity index (χ2v) is 4.13. The quantitative estimate of drug-likeness (QED) is 0.750. The molecule has 2 nitrogen and oxygen atoms in total. The molecule has 1 aromatic heterocycles. The van der Waals surface area contributed by atoms with Crippen LogP contribution in [0.4, 0.5) is 0 Å². The van der Waals surface area contributed by atoms with Crippen LogP contribution in [0.15, 0.2) is 36.5 Å². The fourth-order valence-corrected chi connectivity index (χ4v) is 1.76. The lowest BCUT2D eigenvalue weighted by molar-refractivity contribution is 0.765. The first-order chi connectivity index (χ1) is 8.18. The normalized spacial score (nSPS) is 10.0. The Morgan fingerprint density at radius 3 is 2.12 bits per heavy atom. The number of aryl methyl sites for hydroxylation is 1.